The van der Waals surface area contributed by atoms with Crippen molar-refractivity contribution >= 4 is 21.3 Å². The van der Waals surface area contributed by atoms with Crippen molar-refractivity contribution in [1.29, 1.82) is 0 Å². The van der Waals surface area contributed by atoms with Gasteiger partial charge in [0.25, 0.3) is 0 Å². The van der Waals surface area contributed by atoms with E-state index in [9.17, 15) is 13.9 Å². The van der Waals surface area contributed by atoms with E-state index in [4.69, 9.17) is 37.8 Å². The molecule has 0 fully saturated rings. The highest BCUT2D eigenvalue weighted by molar-refractivity contribution is 7.54. The predicted molar refractivity (Wildman–Crippen MR) is 119 cm³/mol. The first-order valence-corrected chi connectivity index (χ1v) is 13.8. The van der Waals surface area contributed by atoms with Crippen molar-refractivity contribution in [2.45, 2.75) is 39.9 Å². The minimum atomic E-state index is -3.57. The van der Waals surface area contributed by atoms with Gasteiger partial charge >= 0.3 is 21.3 Å². The molecular formula is C19H36O11P2. The fraction of sp³-hybridized carbons (Fsp3) is 0.737. The minimum Gasteiger partial charge on any atom is -0.426 e. The molecule has 188 valence electrons. The fourth-order valence-electron chi connectivity index (χ4n) is 2.49. The largest absolute Gasteiger partial charge is 0.509 e. The summed E-state index contributed by atoms with van der Waals surface area (Å²) in [5, 5.41) is 18.1. The Kier molecular flexibility index (Phi) is 16.9. The second-order valence-corrected chi connectivity index (χ2v) is 10.2. The van der Waals surface area contributed by atoms with Crippen LogP contribution in [0.1, 0.15) is 27.7 Å². The first-order chi connectivity index (χ1) is 15.2. The maximum Gasteiger partial charge on any atom is 0.509 e. The van der Waals surface area contributed by atoms with Crippen molar-refractivity contribution in [2.75, 3.05) is 52.0 Å². The molecule has 2 atom stereocenters. The van der Waals surface area contributed by atoms with E-state index in [2.05, 4.69) is 0 Å². The molecule has 2 N–H and O–H groups in total. The Morgan fingerprint density at radius 3 is 1.28 bits per heavy atom. The van der Waals surface area contributed by atoms with Gasteiger partial charge in [0.05, 0.1) is 52.0 Å². The van der Waals surface area contributed by atoms with Crippen LogP contribution in [0.2, 0.25) is 0 Å². The lowest BCUT2D eigenvalue weighted by Gasteiger charge is -2.23. The molecule has 32 heavy (non-hydrogen) atoms. The van der Waals surface area contributed by atoms with Crippen LogP contribution in [0.5, 0.6) is 0 Å². The van der Waals surface area contributed by atoms with Gasteiger partial charge < -0.3 is 37.8 Å². The Morgan fingerprint density at radius 1 is 0.719 bits per heavy atom. The molecular weight excluding hydrogens is 466 g/mol. The molecule has 0 rings (SSSR count). The molecule has 0 spiro atoms. The minimum absolute atomic E-state index is 0.121. The maximum atomic E-state index is 12.8. The van der Waals surface area contributed by atoms with E-state index in [-0.39, 0.29) is 52.0 Å². The van der Waals surface area contributed by atoms with Crippen LogP contribution in [0.3, 0.4) is 0 Å². The number of rotatable bonds is 18. The van der Waals surface area contributed by atoms with E-state index in [1.54, 1.807) is 27.7 Å². The molecule has 0 saturated heterocycles. The van der Waals surface area contributed by atoms with Crippen LogP contribution in [0, 0.1) is 0 Å². The number of aliphatic hydroxyl groups excluding tert-OH is 2. The van der Waals surface area contributed by atoms with Crippen LogP contribution in [0.25, 0.3) is 0 Å². The van der Waals surface area contributed by atoms with Crippen molar-refractivity contribution in [3.63, 3.8) is 0 Å². The average molecular weight is 502 g/mol. The summed E-state index contributed by atoms with van der Waals surface area (Å²) in [7, 11) is -7.14. The molecule has 0 saturated carbocycles. The second-order valence-electron chi connectivity index (χ2n) is 6.04. The van der Waals surface area contributed by atoms with Crippen molar-refractivity contribution in [2.24, 2.45) is 0 Å². The third-order valence-corrected chi connectivity index (χ3v) is 7.74. The molecule has 2 unspecified atom stereocenters. The van der Waals surface area contributed by atoms with Gasteiger partial charge in [-0.1, -0.05) is 12.2 Å². The zero-order chi connectivity index (χ0) is 24.5. The fourth-order valence-corrected chi connectivity index (χ4v) is 5.91. The Labute approximate surface area is 189 Å². The molecule has 0 aliphatic rings. The Morgan fingerprint density at radius 2 is 1.03 bits per heavy atom. The highest BCUT2D eigenvalue weighted by atomic mass is 31.2. The Hall–Kier alpha value is -1.03. The Balaban J connectivity index is 5.44. The topological polar surface area (TPSA) is 147 Å². The van der Waals surface area contributed by atoms with Gasteiger partial charge in [0.2, 0.25) is 0 Å². The molecule has 11 nitrogen and oxygen atoms in total. The number of hydrogen-bond acceptors (Lipinski definition) is 11. The zero-order valence-corrected chi connectivity index (χ0v) is 20.9. The highest BCUT2D eigenvalue weighted by Crippen LogP contribution is 2.50. The van der Waals surface area contributed by atoms with Crippen LogP contribution in [0.15, 0.2) is 24.3 Å². The SMILES string of the molecule is CCOP(=O)(CC(/C=C/CO)OC(=O)OC(/C=C/CO)CP(=O)(OCC)OCC)OCC. The first-order valence-electron chi connectivity index (χ1n) is 10.4. The summed E-state index contributed by atoms with van der Waals surface area (Å²) >= 11 is 0. The van der Waals surface area contributed by atoms with Crippen molar-refractivity contribution in [3.05, 3.63) is 24.3 Å². The number of aliphatic hydroxyl groups is 2. The van der Waals surface area contributed by atoms with Crippen molar-refractivity contribution in [3.8, 4) is 0 Å². The summed E-state index contributed by atoms with van der Waals surface area (Å²) in [6, 6.07) is 0. The molecule has 0 aromatic carbocycles. The predicted octanol–water partition coefficient (Wildman–Crippen LogP) is 3.51. The van der Waals surface area contributed by atoms with Crippen molar-refractivity contribution in [1.82, 2.24) is 0 Å². The smallest absolute Gasteiger partial charge is 0.426 e. The van der Waals surface area contributed by atoms with Crippen LogP contribution in [-0.2, 0) is 36.7 Å². The summed E-state index contributed by atoms with van der Waals surface area (Å²) in [5.41, 5.74) is 0. The maximum absolute atomic E-state index is 12.8. The van der Waals surface area contributed by atoms with E-state index < -0.39 is 33.6 Å². The molecule has 13 heteroatoms. The average Bonchev–Trinajstić information content (AvgIpc) is 2.70. The van der Waals surface area contributed by atoms with Gasteiger partial charge in [-0.3, -0.25) is 9.13 Å². The van der Waals surface area contributed by atoms with Gasteiger partial charge in [-0.05, 0) is 39.8 Å². The molecule has 0 aromatic heterocycles. The van der Waals surface area contributed by atoms with E-state index in [0.717, 1.165) is 0 Å². The summed E-state index contributed by atoms with van der Waals surface area (Å²) in [6.45, 7) is 6.39. The third-order valence-electron chi connectivity index (χ3n) is 3.52. The van der Waals surface area contributed by atoms with E-state index >= 15 is 0 Å². The van der Waals surface area contributed by atoms with Gasteiger partial charge in [-0.25, -0.2) is 4.79 Å². The molecule has 0 aromatic rings. The van der Waals surface area contributed by atoms with Crippen LogP contribution in [-0.4, -0.2) is 80.5 Å². The summed E-state index contributed by atoms with van der Waals surface area (Å²) in [6.07, 6.45) is 1.33. The van der Waals surface area contributed by atoms with Crippen LogP contribution >= 0.6 is 15.2 Å². The zero-order valence-electron chi connectivity index (χ0n) is 19.1. The number of carbonyl (C=O) groups excluding carboxylic acids is 1. The van der Waals surface area contributed by atoms with Gasteiger partial charge in [0.15, 0.2) is 0 Å². The number of ether oxygens (including phenoxy) is 2. The summed E-state index contributed by atoms with van der Waals surface area (Å²) in [5.74, 6) is 0. The van der Waals surface area contributed by atoms with Gasteiger partial charge in [-0.15, -0.1) is 0 Å². The lowest BCUT2D eigenvalue weighted by molar-refractivity contribution is 0.0280. The lowest BCUT2D eigenvalue weighted by Crippen LogP contribution is -2.27. The highest BCUT2D eigenvalue weighted by Gasteiger charge is 2.32. The molecule has 0 aliphatic carbocycles. The monoisotopic (exact) mass is 502 g/mol. The Bertz CT molecular complexity index is 592. The lowest BCUT2D eigenvalue weighted by atomic mass is 10.3. The normalized spacial score (nSPS) is 14.7. The van der Waals surface area contributed by atoms with E-state index in [0.29, 0.717) is 0 Å². The van der Waals surface area contributed by atoms with Gasteiger partial charge in [-0.2, -0.15) is 0 Å². The summed E-state index contributed by atoms with van der Waals surface area (Å²) < 4.78 is 56.9. The number of hydrogen-bond donors (Lipinski definition) is 2. The van der Waals surface area contributed by atoms with Crippen molar-refractivity contribution < 1.29 is 51.7 Å². The van der Waals surface area contributed by atoms with Crippen LogP contribution in [0.4, 0.5) is 4.79 Å². The second kappa shape index (κ2) is 17.4. The molecule has 0 amide bonds. The van der Waals surface area contributed by atoms with Gasteiger partial charge in [0.1, 0.15) is 12.2 Å². The number of carbonyl (C=O) groups is 1. The molecule has 0 heterocycles. The van der Waals surface area contributed by atoms with Gasteiger partial charge in [0, 0.05) is 0 Å². The molecule has 0 radical (unpaired) electrons. The quantitative estimate of drug-likeness (QED) is 0.161. The van der Waals surface area contributed by atoms with E-state index in [1.165, 1.54) is 24.3 Å². The molecule has 0 aliphatic heterocycles. The van der Waals surface area contributed by atoms with Crippen LogP contribution < -0.4 is 0 Å². The standard InChI is InChI=1S/C19H36O11P2/c1-5-25-31(23,26-6-2)15-17(11-9-13-20)29-19(22)30-18(12-10-14-21)16-32(24,27-7-3)28-8-4/h9-12,17-18,20-21H,5-8,13-16H2,1-4H3/b11-9+,12-10+. The third kappa shape index (κ3) is 13.5. The molecule has 0 bridgehead atoms. The summed E-state index contributed by atoms with van der Waals surface area (Å²) in [4.78, 5) is 12.4. The first kappa shape index (κ1) is 31.0. The van der Waals surface area contributed by atoms with E-state index in [1.807, 2.05) is 0 Å².